The van der Waals surface area contributed by atoms with Gasteiger partial charge in [0, 0.05) is 11.9 Å². The summed E-state index contributed by atoms with van der Waals surface area (Å²) >= 11 is 18.1. The predicted molar refractivity (Wildman–Crippen MR) is 123 cm³/mol. The van der Waals surface area contributed by atoms with Crippen molar-refractivity contribution in [1.82, 2.24) is 10.3 Å². The van der Waals surface area contributed by atoms with Crippen molar-refractivity contribution >= 4 is 52.4 Å². The van der Waals surface area contributed by atoms with Gasteiger partial charge in [-0.25, -0.2) is 9.78 Å². The normalized spacial score (nSPS) is 10.2. The maximum atomic E-state index is 12.4. The number of nitrogens with zero attached hydrogens (tertiary/aromatic N) is 2. The van der Waals surface area contributed by atoms with E-state index in [1.165, 1.54) is 24.4 Å². The van der Waals surface area contributed by atoms with Gasteiger partial charge >= 0.3 is 6.03 Å². The molecule has 0 atom stereocenters. The van der Waals surface area contributed by atoms with Crippen LogP contribution in [0.25, 0.3) is 0 Å². The number of ether oxygens (including phenoxy) is 1. The number of anilines is 1. The van der Waals surface area contributed by atoms with Crippen molar-refractivity contribution in [2.45, 2.75) is 13.8 Å². The van der Waals surface area contributed by atoms with E-state index < -0.39 is 11.9 Å². The molecule has 0 aliphatic rings. The standard InChI is InChI=1S/C22H15Cl3N4O3/c1-11-6-14(28-22(31)29-20(30)18-15(23)4-3-5-16(18)24)7-12(2)19(11)32-21-17(25)8-13(9-26)10-27-21/h3-8,10H,1-2H3,(H2,28,29,30,31). The molecular formula is C22H15Cl3N4O3. The number of benzene rings is 2. The zero-order valence-corrected chi connectivity index (χ0v) is 19.1. The molecule has 1 heterocycles. The first-order chi connectivity index (χ1) is 15.2. The Morgan fingerprint density at radius 2 is 1.66 bits per heavy atom. The molecule has 0 radical (unpaired) electrons. The van der Waals surface area contributed by atoms with Gasteiger partial charge in [0.1, 0.15) is 16.8 Å². The number of hydrogen-bond acceptors (Lipinski definition) is 5. The molecule has 2 N–H and O–H groups in total. The lowest BCUT2D eigenvalue weighted by molar-refractivity contribution is 0.0967. The van der Waals surface area contributed by atoms with E-state index in [-0.39, 0.29) is 26.5 Å². The Morgan fingerprint density at radius 1 is 1.03 bits per heavy atom. The van der Waals surface area contributed by atoms with Crippen molar-refractivity contribution in [2.24, 2.45) is 0 Å². The van der Waals surface area contributed by atoms with Crippen LogP contribution < -0.4 is 15.4 Å². The monoisotopic (exact) mass is 488 g/mol. The number of urea groups is 1. The lowest BCUT2D eigenvalue weighted by atomic mass is 10.1. The summed E-state index contributed by atoms with van der Waals surface area (Å²) in [4.78, 5) is 28.7. The van der Waals surface area contributed by atoms with Crippen molar-refractivity contribution in [1.29, 1.82) is 5.26 Å². The Hall–Kier alpha value is -3.31. The van der Waals surface area contributed by atoms with Crippen LogP contribution >= 0.6 is 34.8 Å². The van der Waals surface area contributed by atoms with E-state index in [1.807, 2.05) is 6.07 Å². The number of aryl methyl sites for hydroxylation is 2. The topological polar surface area (TPSA) is 104 Å². The van der Waals surface area contributed by atoms with Crippen LogP contribution in [0.3, 0.4) is 0 Å². The highest BCUT2D eigenvalue weighted by atomic mass is 35.5. The van der Waals surface area contributed by atoms with Crippen molar-refractivity contribution in [3.05, 3.63) is 79.9 Å². The molecular weight excluding hydrogens is 475 g/mol. The highest BCUT2D eigenvalue weighted by molar-refractivity contribution is 6.40. The number of carbonyl (C=O) groups excluding carboxylic acids is 2. The van der Waals surface area contributed by atoms with Gasteiger partial charge in [-0.3, -0.25) is 10.1 Å². The smallest absolute Gasteiger partial charge is 0.326 e. The van der Waals surface area contributed by atoms with E-state index in [2.05, 4.69) is 15.6 Å². The third kappa shape index (κ3) is 5.29. The number of halogens is 3. The van der Waals surface area contributed by atoms with E-state index in [0.717, 1.165) is 0 Å². The van der Waals surface area contributed by atoms with Crippen molar-refractivity contribution in [2.75, 3.05) is 5.32 Å². The number of nitrogens with one attached hydrogen (secondary N) is 2. The van der Waals surface area contributed by atoms with Gasteiger partial charge < -0.3 is 10.1 Å². The Kier molecular flexibility index (Phi) is 7.21. The van der Waals surface area contributed by atoms with Crippen LogP contribution in [-0.4, -0.2) is 16.9 Å². The number of pyridine rings is 1. The SMILES string of the molecule is Cc1cc(NC(=O)NC(=O)c2c(Cl)cccc2Cl)cc(C)c1Oc1ncc(C#N)cc1Cl. The number of hydrogen-bond donors (Lipinski definition) is 2. The molecule has 0 fully saturated rings. The molecule has 0 saturated heterocycles. The molecule has 0 saturated carbocycles. The summed E-state index contributed by atoms with van der Waals surface area (Å²) in [5, 5.41) is 14.2. The van der Waals surface area contributed by atoms with Crippen molar-refractivity contribution < 1.29 is 14.3 Å². The predicted octanol–water partition coefficient (Wildman–Crippen LogP) is 6.28. The van der Waals surface area contributed by atoms with Crippen LogP contribution in [0.5, 0.6) is 11.6 Å². The van der Waals surface area contributed by atoms with Gasteiger partial charge in [0.15, 0.2) is 0 Å². The van der Waals surface area contributed by atoms with Gasteiger partial charge in [-0.15, -0.1) is 0 Å². The molecule has 3 amide bonds. The lowest BCUT2D eigenvalue weighted by Crippen LogP contribution is -2.34. The maximum absolute atomic E-state index is 12.4. The van der Waals surface area contributed by atoms with Gasteiger partial charge in [-0.1, -0.05) is 40.9 Å². The van der Waals surface area contributed by atoms with E-state index in [4.69, 9.17) is 44.8 Å². The number of aromatic nitrogens is 1. The van der Waals surface area contributed by atoms with Gasteiger partial charge in [0.05, 0.1) is 21.2 Å². The molecule has 0 spiro atoms. The molecule has 0 bridgehead atoms. The molecule has 7 nitrogen and oxygen atoms in total. The zero-order chi connectivity index (χ0) is 23.4. The highest BCUT2D eigenvalue weighted by Gasteiger charge is 2.18. The molecule has 162 valence electrons. The molecule has 3 rings (SSSR count). The van der Waals surface area contributed by atoms with Crippen LogP contribution in [0.1, 0.15) is 27.0 Å². The van der Waals surface area contributed by atoms with Crippen molar-refractivity contribution in [3.8, 4) is 17.7 Å². The maximum Gasteiger partial charge on any atom is 0.326 e. The van der Waals surface area contributed by atoms with Crippen LogP contribution in [0.4, 0.5) is 10.5 Å². The van der Waals surface area contributed by atoms with Crippen LogP contribution in [0.15, 0.2) is 42.6 Å². The number of rotatable bonds is 4. The molecule has 2 aromatic carbocycles. The lowest BCUT2D eigenvalue weighted by Gasteiger charge is -2.15. The molecule has 0 aliphatic carbocycles. The molecule has 3 aromatic rings. The summed E-state index contributed by atoms with van der Waals surface area (Å²) < 4.78 is 5.81. The number of amides is 3. The Balaban J connectivity index is 1.74. The molecule has 10 heteroatoms. The summed E-state index contributed by atoms with van der Waals surface area (Å²) in [7, 11) is 0. The Morgan fingerprint density at radius 3 is 2.22 bits per heavy atom. The molecule has 32 heavy (non-hydrogen) atoms. The third-order valence-corrected chi connectivity index (χ3v) is 5.17. The minimum Gasteiger partial charge on any atom is -0.437 e. The first-order valence-electron chi connectivity index (χ1n) is 9.10. The largest absolute Gasteiger partial charge is 0.437 e. The Bertz CT molecular complexity index is 1230. The zero-order valence-electron chi connectivity index (χ0n) is 16.8. The summed E-state index contributed by atoms with van der Waals surface area (Å²) in [6, 6.07) is 10.6. The second kappa shape index (κ2) is 9.88. The summed E-state index contributed by atoms with van der Waals surface area (Å²) in [6.45, 7) is 3.55. The minimum atomic E-state index is -0.754. The fraction of sp³-hybridized carbons (Fsp3) is 0.0909. The van der Waals surface area contributed by atoms with Crippen molar-refractivity contribution in [3.63, 3.8) is 0 Å². The van der Waals surface area contributed by atoms with Gasteiger partial charge in [-0.2, -0.15) is 5.26 Å². The molecule has 1 aromatic heterocycles. The van der Waals surface area contributed by atoms with Crippen LogP contribution in [0.2, 0.25) is 15.1 Å². The average molecular weight is 490 g/mol. The summed E-state index contributed by atoms with van der Waals surface area (Å²) in [6.07, 6.45) is 1.36. The fourth-order valence-corrected chi connectivity index (χ4v) is 3.66. The highest BCUT2D eigenvalue weighted by Crippen LogP contribution is 2.34. The minimum absolute atomic E-state index is 0.00823. The van der Waals surface area contributed by atoms with E-state index in [9.17, 15) is 9.59 Å². The average Bonchev–Trinajstić information content (AvgIpc) is 2.71. The molecule has 0 aliphatic heterocycles. The third-order valence-electron chi connectivity index (χ3n) is 4.27. The number of nitriles is 1. The summed E-state index contributed by atoms with van der Waals surface area (Å²) in [5.41, 5.74) is 2.12. The van der Waals surface area contributed by atoms with Crippen LogP contribution in [0, 0.1) is 25.2 Å². The van der Waals surface area contributed by atoms with Gasteiger partial charge in [-0.05, 0) is 55.3 Å². The van der Waals surface area contributed by atoms with E-state index >= 15 is 0 Å². The first-order valence-corrected chi connectivity index (χ1v) is 10.2. The first kappa shape index (κ1) is 23.4. The van der Waals surface area contributed by atoms with Gasteiger partial charge in [0.2, 0.25) is 5.88 Å². The quantitative estimate of drug-likeness (QED) is 0.448. The number of carbonyl (C=O) groups is 2. The molecule has 0 unspecified atom stereocenters. The second-order valence-electron chi connectivity index (χ2n) is 6.67. The van der Waals surface area contributed by atoms with E-state index in [0.29, 0.717) is 28.1 Å². The second-order valence-corrected chi connectivity index (χ2v) is 7.89. The van der Waals surface area contributed by atoms with E-state index in [1.54, 1.807) is 32.0 Å². The Labute approximate surface area is 198 Å². The van der Waals surface area contributed by atoms with Gasteiger partial charge in [0.25, 0.3) is 5.91 Å². The van der Waals surface area contributed by atoms with Crippen LogP contribution in [-0.2, 0) is 0 Å². The fourth-order valence-electron chi connectivity index (χ4n) is 2.88. The number of imide groups is 1. The summed E-state index contributed by atoms with van der Waals surface area (Å²) in [5.74, 6) is -0.0837.